The van der Waals surface area contributed by atoms with Crippen molar-refractivity contribution in [2.24, 2.45) is 12.8 Å². The minimum atomic E-state index is -0.386. The van der Waals surface area contributed by atoms with E-state index in [-0.39, 0.29) is 35.2 Å². The molecule has 2 amide bonds. The molecular weight excluding hydrogens is 393 g/mol. The van der Waals surface area contributed by atoms with Crippen LogP contribution >= 0.6 is 11.8 Å². The van der Waals surface area contributed by atoms with Crippen LogP contribution in [0.15, 0.2) is 29.4 Å². The summed E-state index contributed by atoms with van der Waals surface area (Å²) in [6.07, 6.45) is 4.82. The van der Waals surface area contributed by atoms with Crippen LogP contribution in [0.4, 0.5) is 4.39 Å². The summed E-state index contributed by atoms with van der Waals surface area (Å²) < 4.78 is 15.1. The zero-order chi connectivity index (χ0) is 20.9. The first-order valence-electron chi connectivity index (χ1n) is 9.72. The molecule has 1 heterocycles. The molecule has 3 N–H and O–H groups in total. The van der Waals surface area contributed by atoms with E-state index in [1.54, 1.807) is 11.6 Å². The fraction of sp³-hybridized carbons (Fsp3) is 0.500. The molecule has 0 aliphatic heterocycles. The van der Waals surface area contributed by atoms with Gasteiger partial charge in [0.25, 0.3) is 0 Å². The molecule has 7 nitrogen and oxygen atoms in total. The van der Waals surface area contributed by atoms with Crippen molar-refractivity contribution >= 4 is 23.6 Å². The van der Waals surface area contributed by atoms with Gasteiger partial charge in [0.2, 0.25) is 11.8 Å². The molecule has 0 saturated heterocycles. The van der Waals surface area contributed by atoms with Gasteiger partial charge in [-0.15, -0.1) is 10.2 Å². The van der Waals surface area contributed by atoms with Gasteiger partial charge in [-0.3, -0.25) is 9.59 Å². The SMILES string of the molecule is Cn1c(CCC(N)=O)nnc1SCC(=O)NCC1(c2ccc(F)cc2)CCCC1. The Labute approximate surface area is 173 Å². The van der Waals surface area contributed by atoms with Crippen LogP contribution in [0, 0.1) is 5.82 Å². The van der Waals surface area contributed by atoms with E-state index in [1.807, 2.05) is 12.1 Å². The molecule has 29 heavy (non-hydrogen) atoms. The maximum atomic E-state index is 13.3. The van der Waals surface area contributed by atoms with E-state index in [0.717, 1.165) is 31.2 Å². The molecular formula is C20H26FN5O2S. The van der Waals surface area contributed by atoms with Gasteiger partial charge in [0.15, 0.2) is 5.16 Å². The predicted molar refractivity (Wildman–Crippen MR) is 109 cm³/mol. The summed E-state index contributed by atoms with van der Waals surface area (Å²) in [6.45, 7) is 0.542. The number of aryl methyl sites for hydroxylation is 1. The molecule has 0 spiro atoms. The number of thioether (sulfide) groups is 1. The normalized spacial score (nSPS) is 15.4. The summed E-state index contributed by atoms with van der Waals surface area (Å²) in [5, 5.41) is 11.8. The molecule has 2 aromatic rings. The van der Waals surface area contributed by atoms with Crippen LogP contribution in [0.3, 0.4) is 0 Å². The van der Waals surface area contributed by atoms with Gasteiger partial charge in [-0.05, 0) is 30.5 Å². The molecule has 0 unspecified atom stereocenters. The van der Waals surface area contributed by atoms with E-state index in [1.165, 1.54) is 23.9 Å². The number of carbonyl (C=O) groups excluding carboxylic acids is 2. The molecule has 156 valence electrons. The third-order valence-electron chi connectivity index (χ3n) is 5.49. The summed E-state index contributed by atoms with van der Waals surface area (Å²) in [5.74, 6) is 0.171. The highest BCUT2D eigenvalue weighted by Gasteiger charge is 2.35. The van der Waals surface area contributed by atoms with Crippen LogP contribution in [0.5, 0.6) is 0 Å². The Morgan fingerprint density at radius 2 is 1.93 bits per heavy atom. The first-order chi connectivity index (χ1) is 13.9. The van der Waals surface area contributed by atoms with Crippen molar-refractivity contribution in [3.63, 3.8) is 0 Å². The standard InChI is InChI=1S/C20H26FN5O2S/c1-26-17(9-8-16(22)27)24-25-19(26)29-12-18(28)23-13-20(10-2-3-11-20)14-4-6-15(21)7-5-14/h4-7H,2-3,8-13H2,1H3,(H2,22,27)(H,23,28). The molecule has 1 aliphatic carbocycles. The lowest BCUT2D eigenvalue weighted by Gasteiger charge is -2.30. The van der Waals surface area contributed by atoms with E-state index < -0.39 is 0 Å². The van der Waals surface area contributed by atoms with Gasteiger partial charge < -0.3 is 15.6 Å². The summed E-state index contributed by atoms with van der Waals surface area (Å²) in [6, 6.07) is 6.62. The Kier molecular flexibility index (Phi) is 6.89. The molecule has 9 heteroatoms. The van der Waals surface area contributed by atoms with Crippen molar-refractivity contribution in [1.29, 1.82) is 0 Å². The van der Waals surface area contributed by atoms with Crippen molar-refractivity contribution in [3.8, 4) is 0 Å². The number of amides is 2. The van der Waals surface area contributed by atoms with Crippen LogP contribution in [0.25, 0.3) is 0 Å². The average Bonchev–Trinajstić information content (AvgIpc) is 3.31. The molecule has 1 fully saturated rings. The number of nitrogens with zero attached hydrogens (tertiary/aromatic N) is 3. The molecule has 0 bridgehead atoms. The van der Waals surface area contributed by atoms with Gasteiger partial charge in [-0.2, -0.15) is 0 Å². The number of nitrogens with two attached hydrogens (primary N) is 1. The van der Waals surface area contributed by atoms with E-state index in [0.29, 0.717) is 23.9 Å². The first-order valence-corrected chi connectivity index (χ1v) is 10.7. The Bertz CT molecular complexity index is 862. The fourth-order valence-electron chi connectivity index (χ4n) is 3.80. The maximum Gasteiger partial charge on any atom is 0.230 e. The molecule has 1 aromatic carbocycles. The third kappa shape index (κ3) is 5.35. The largest absolute Gasteiger partial charge is 0.370 e. The highest BCUT2D eigenvalue weighted by Crippen LogP contribution is 2.40. The smallest absolute Gasteiger partial charge is 0.230 e. The lowest BCUT2D eigenvalue weighted by molar-refractivity contribution is -0.119. The number of halogens is 1. The number of rotatable bonds is 9. The number of primary amides is 1. The van der Waals surface area contributed by atoms with Crippen molar-refractivity contribution < 1.29 is 14.0 Å². The number of aromatic nitrogens is 3. The Morgan fingerprint density at radius 3 is 2.59 bits per heavy atom. The second kappa shape index (κ2) is 9.39. The van der Waals surface area contributed by atoms with Crippen LogP contribution in [-0.2, 0) is 28.5 Å². The van der Waals surface area contributed by atoms with Crippen LogP contribution in [0.1, 0.15) is 43.5 Å². The highest BCUT2D eigenvalue weighted by atomic mass is 32.2. The Hall–Kier alpha value is -2.42. The number of hydrogen-bond donors (Lipinski definition) is 2. The van der Waals surface area contributed by atoms with Gasteiger partial charge in [0.1, 0.15) is 11.6 Å². The van der Waals surface area contributed by atoms with Crippen LogP contribution in [0.2, 0.25) is 0 Å². The van der Waals surface area contributed by atoms with E-state index in [2.05, 4.69) is 15.5 Å². The van der Waals surface area contributed by atoms with Gasteiger partial charge in [0, 0.05) is 31.8 Å². The second-order valence-corrected chi connectivity index (χ2v) is 8.43. The minimum absolute atomic E-state index is 0.0786. The van der Waals surface area contributed by atoms with Crippen molar-refractivity contribution in [2.45, 2.75) is 49.1 Å². The van der Waals surface area contributed by atoms with Crippen LogP contribution in [-0.4, -0.2) is 38.9 Å². The van der Waals surface area contributed by atoms with Gasteiger partial charge in [0.05, 0.1) is 5.75 Å². The molecule has 1 aromatic heterocycles. The zero-order valence-corrected chi connectivity index (χ0v) is 17.3. The van der Waals surface area contributed by atoms with Crippen molar-refractivity contribution in [3.05, 3.63) is 41.5 Å². The first kappa shape index (κ1) is 21.3. The number of hydrogen-bond acceptors (Lipinski definition) is 5. The van der Waals surface area contributed by atoms with Crippen molar-refractivity contribution in [1.82, 2.24) is 20.1 Å². The molecule has 0 radical (unpaired) electrons. The Morgan fingerprint density at radius 1 is 1.24 bits per heavy atom. The van der Waals surface area contributed by atoms with Gasteiger partial charge in [-0.25, -0.2) is 4.39 Å². The predicted octanol–water partition coefficient (Wildman–Crippen LogP) is 2.09. The second-order valence-electron chi connectivity index (χ2n) is 7.48. The van der Waals surface area contributed by atoms with Gasteiger partial charge >= 0.3 is 0 Å². The fourth-order valence-corrected chi connectivity index (χ4v) is 4.55. The summed E-state index contributed by atoms with van der Waals surface area (Å²) in [7, 11) is 1.80. The summed E-state index contributed by atoms with van der Waals surface area (Å²) in [5.41, 5.74) is 6.12. The lowest BCUT2D eigenvalue weighted by Crippen LogP contribution is -2.39. The highest BCUT2D eigenvalue weighted by molar-refractivity contribution is 7.99. The quantitative estimate of drug-likeness (QED) is 0.606. The third-order valence-corrected chi connectivity index (χ3v) is 6.51. The number of benzene rings is 1. The van der Waals surface area contributed by atoms with E-state index in [4.69, 9.17) is 5.73 Å². The molecule has 0 atom stereocenters. The van der Waals surface area contributed by atoms with Crippen molar-refractivity contribution in [2.75, 3.05) is 12.3 Å². The maximum absolute atomic E-state index is 13.3. The lowest BCUT2D eigenvalue weighted by atomic mass is 9.79. The monoisotopic (exact) mass is 419 g/mol. The molecule has 3 rings (SSSR count). The minimum Gasteiger partial charge on any atom is -0.370 e. The molecule has 1 saturated carbocycles. The van der Waals surface area contributed by atoms with E-state index in [9.17, 15) is 14.0 Å². The number of nitrogens with one attached hydrogen (secondary N) is 1. The zero-order valence-electron chi connectivity index (χ0n) is 16.5. The van der Waals surface area contributed by atoms with Gasteiger partial charge in [-0.1, -0.05) is 36.7 Å². The summed E-state index contributed by atoms with van der Waals surface area (Å²) >= 11 is 1.30. The average molecular weight is 420 g/mol. The Balaban J connectivity index is 1.54. The van der Waals surface area contributed by atoms with Crippen LogP contribution < -0.4 is 11.1 Å². The summed E-state index contributed by atoms with van der Waals surface area (Å²) in [4.78, 5) is 23.3. The topological polar surface area (TPSA) is 103 Å². The van der Waals surface area contributed by atoms with E-state index >= 15 is 0 Å². The number of carbonyl (C=O) groups is 2. The molecule has 1 aliphatic rings.